The second-order valence-corrected chi connectivity index (χ2v) is 5.64. The van der Waals surface area contributed by atoms with Crippen molar-refractivity contribution in [2.24, 2.45) is 0 Å². The van der Waals surface area contributed by atoms with E-state index in [0.717, 1.165) is 16.1 Å². The number of urea groups is 1. The number of amides is 2. The predicted octanol–water partition coefficient (Wildman–Crippen LogP) is 3.94. The summed E-state index contributed by atoms with van der Waals surface area (Å²) < 4.78 is 12.1. The van der Waals surface area contributed by atoms with E-state index >= 15 is 0 Å². The molecule has 2 aromatic rings. The van der Waals surface area contributed by atoms with Crippen LogP contribution in [0.2, 0.25) is 5.02 Å². The predicted molar refractivity (Wildman–Crippen MR) is 91.7 cm³/mol. The summed E-state index contributed by atoms with van der Waals surface area (Å²) in [5, 5.41) is 5.98. The molecule has 2 rings (SSSR count). The van der Waals surface area contributed by atoms with Crippen molar-refractivity contribution in [1.29, 1.82) is 0 Å². The van der Waals surface area contributed by atoms with E-state index in [2.05, 4.69) is 10.6 Å². The summed E-state index contributed by atoms with van der Waals surface area (Å²) >= 11 is 6.25. The number of rotatable bonds is 7. The van der Waals surface area contributed by atoms with Gasteiger partial charge in [-0.1, -0.05) is 60.1 Å². The maximum Gasteiger partial charge on any atom is 0.314 e. The maximum atomic E-state index is 12.1. The number of hydrogen-bond donors (Lipinski definition) is 2. The van der Waals surface area contributed by atoms with Gasteiger partial charge in [-0.25, -0.2) is 9.18 Å². The molecular weight excluding hydrogens is 315 g/mol. The Kier molecular flexibility index (Phi) is 6.88. The highest BCUT2D eigenvalue weighted by Gasteiger charge is 2.15. The summed E-state index contributed by atoms with van der Waals surface area (Å²) in [6.45, 7) is -0.102. The van der Waals surface area contributed by atoms with Crippen molar-refractivity contribution in [2.75, 3.05) is 19.8 Å². The molecule has 1 atom stereocenters. The van der Waals surface area contributed by atoms with Crippen molar-refractivity contribution in [3.8, 4) is 0 Å². The molecule has 0 aliphatic carbocycles. The van der Waals surface area contributed by atoms with Crippen LogP contribution in [0.15, 0.2) is 54.6 Å². The molecular formula is C18H20ClFN2O. The third kappa shape index (κ3) is 5.57. The van der Waals surface area contributed by atoms with Crippen LogP contribution in [-0.2, 0) is 6.42 Å². The van der Waals surface area contributed by atoms with Crippen LogP contribution in [0.3, 0.4) is 0 Å². The van der Waals surface area contributed by atoms with Crippen molar-refractivity contribution >= 4 is 17.6 Å². The summed E-state index contributed by atoms with van der Waals surface area (Å²) in [7, 11) is 0. The second-order valence-electron chi connectivity index (χ2n) is 5.23. The number of carbonyl (C=O) groups excluding carboxylic acids is 1. The van der Waals surface area contributed by atoms with E-state index in [1.54, 1.807) is 0 Å². The molecule has 0 heterocycles. The van der Waals surface area contributed by atoms with Crippen LogP contribution in [0, 0.1) is 0 Å². The van der Waals surface area contributed by atoms with E-state index in [1.165, 1.54) is 0 Å². The Bertz CT molecular complexity index is 621. The van der Waals surface area contributed by atoms with E-state index in [9.17, 15) is 9.18 Å². The zero-order valence-electron chi connectivity index (χ0n) is 12.8. The van der Waals surface area contributed by atoms with Crippen molar-refractivity contribution in [1.82, 2.24) is 10.6 Å². The van der Waals surface area contributed by atoms with Gasteiger partial charge in [0.25, 0.3) is 0 Å². The topological polar surface area (TPSA) is 41.1 Å². The van der Waals surface area contributed by atoms with Crippen LogP contribution in [-0.4, -0.2) is 25.8 Å². The van der Waals surface area contributed by atoms with Gasteiger partial charge in [0.05, 0.1) is 0 Å². The molecule has 122 valence electrons. The highest BCUT2D eigenvalue weighted by molar-refractivity contribution is 6.31. The number of benzene rings is 2. The van der Waals surface area contributed by atoms with Crippen LogP contribution >= 0.6 is 11.6 Å². The Balaban J connectivity index is 2.07. The van der Waals surface area contributed by atoms with E-state index in [4.69, 9.17) is 11.6 Å². The standard InChI is InChI=1S/C18H20ClFN2O/c19-17-9-5-4-8-15(17)12-16(14-6-2-1-3-7-14)13-22-18(23)21-11-10-20/h1-9,16H,10-13H2,(H2,21,22,23). The normalized spacial score (nSPS) is 11.7. The molecule has 3 nitrogen and oxygen atoms in total. The lowest BCUT2D eigenvalue weighted by atomic mass is 9.92. The summed E-state index contributed by atoms with van der Waals surface area (Å²) in [5.41, 5.74) is 2.16. The van der Waals surface area contributed by atoms with Gasteiger partial charge < -0.3 is 10.6 Å². The molecule has 0 fully saturated rings. The molecule has 23 heavy (non-hydrogen) atoms. The summed E-state index contributed by atoms with van der Waals surface area (Å²) in [5.74, 6) is 0.0900. The number of alkyl halides is 1. The number of nitrogens with one attached hydrogen (secondary N) is 2. The van der Waals surface area contributed by atoms with Gasteiger partial charge in [-0.05, 0) is 23.6 Å². The third-order valence-corrected chi connectivity index (χ3v) is 3.95. The van der Waals surface area contributed by atoms with Crippen molar-refractivity contribution < 1.29 is 9.18 Å². The zero-order valence-corrected chi connectivity index (χ0v) is 13.5. The highest BCUT2D eigenvalue weighted by atomic mass is 35.5. The molecule has 5 heteroatoms. The molecule has 0 saturated heterocycles. The Morgan fingerprint density at radius 3 is 2.43 bits per heavy atom. The average Bonchev–Trinajstić information content (AvgIpc) is 2.59. The van der Waals surface area contributed by atoms with Crippen LogP contribution in [0.25, 0.3) is 0 Å². The summed E-state index contributed by atoms with van der Waals surface area (Å²) in [6.07, 6.45) is 0.715. The minimum absolute atomic E-state index is 0.0202. The number of carbonyl (C=O) groups is 1. The highest BCUT2D eigenvalue weighted by Crippen LogP contribution is 2.24. The van der Waals surface area contributed by atoms with Gasteiger partial charge in [0.1, 0.15) is 6.67 Å². The summed E-state index contributed by atoms with van der Waals surface area (Å²) in [6, 6.07) is 17.3. The monoisotopic (exact) mass is 334 g/mol. The minimum Gasteiger partial charge on any atom is -0.338 e. The smallest absolute Gasteiger partial charge is 0.314 e. The summed E-state index contributed by atoms with van der Waals surface area (Å²) in [4.78, 5) is 11.6. The number of halogens is 2. The van der Waals surface area contributed by atoms with Gasteiger partial charge in [-0.15, -0.1) is 0 Å². The van der Waals surface area contributed by atoms with Crippen LogP contribution in [0.1, 0.15) is 17.0 Å². The molecule has 2 N–H and O–H groups in total. The quantitative estimate of drug-likeness (QED) is 0.791. The second kappa shape index (κ2) is 9.16. The van der Waals surface area contributed by atoms with Crippen LogP contribution in [0.5, 0.6) is 0 Å². The minimum atomic E-state index is -0.574. The van der Waals surface area contributed by atoms with Gasteiger partial charge in [0, 0.05) is 24.0 Å². The molecule has 0 radical (unpaired) electrons. The molecule has 0 saturated carbocycles. The maximum absolute atomic E-state index is 12.1. The molecule has 0 aromatic heterocycles. The van der Waals surface area contributed by atoms with Gasteiger partial charge in [-0.2, -0.15) is 0 Å². The lowest BCUT2D eigenvalue weighted by molar-refractivity contribution is 0.239. The fourth-order valence-corrected chi connectivity index (χ4v) is 2.61. The fourth-order valence-electron chi connectivity index (χ4n) is 2.40. The van der Waals surface area contributed by atoms with Crippen LogP contribution in [0.4, 0.5) is 9.18 Å². The largest absolute Gasteiger partial charge is 0.338 e. The Morgan fingerprint density at radius 2 is 1.74 bits per heavy atom. The first-order valence-corrected chi connectivity index (χ1v) is 7.94. The molecule has 0 spiro atoms. The first kappa shape index (κ1) is 17.3. The molecule has 0 aliphatic heterocycles. The Hall–Kier alpha value is -2.07. The first-order valence-electron chi connectivity index (χ1n) is 7.56. The molecule has 1 unspecified atom stereocenters. The van der Waals surface area contributed by atoms with E-state index < -0.39 is 6.67 Å². The molecule has 2 aromatic carbocycles. The van der Waals surface area contributed by atoms with E-state index in [1.807, 2.05) is 54.6 Å². The van der Waals surface area contributed by atoms with Crippen LogP contribution < -0.4 is 10.6 Å². The Morgan fingerprint density at radius 1 is 1.04 bits per heavy atom. The lowest BCUT2D eigenvalue weighted by Crippen LogP contribution is -2.39. The van der Waals surface area contributed by atoms with E-state index in [0.29, 0.717) is 13.0 Å². The molecule has 2 amide bonds. The first-order chi connectivity index (χ1) is 11.2. The van der Waals surface area contributed by atoms with Gasteiger partial charge in [0.15, 0.2) is 0 Å². The average molecular weight is 335 g/mol. The zero-order chi connectivity index (χ0) is 16.5. The molecule has 0 aliphatic rings. The lowest BCUT2D eigenvalue weighted by Gasteiger charge is -2.19. The van der Waals surface area contributed by atoms with Gasteiger partial charge >= 0.3 is 6.03 Å². The SMILES string of the molecule is O=C(NCCF)NCC(Cc1ccccc1Cl)c1ccccc1. The van der Waals surface area contributed by atoms with Gasteiger partial charge in [0.2, 0.25) is 0 Å². The van der Waals surface area contributed by atoms with Crippen molar-refractivity contribution in [2.45, 2.75) is 12.3 Å². The number of hydrogen-bond acceptors (Lipinski definition) is 1. The van der Waals surface area contributed by atoms with E-state index in [-0.39, 0.29) is 18.5 Å². The third-order valence-electron chi connectivity index (χ3n) is 3.58. The van der Waals surface area contributed by atoms with Crippen molar-refractivity contribution in [3.05, 3.63) is 70.7 Å². The van der Waals surface area contributed by atoms with Gasteiger partial charge in [-0.3, -0.25) is 0 Å². The van der Waals surface area contributed by atoms with Crippen molar-refractivity contribution in [3.63, 3.8) is 0 Å². The Labute approximate surface area is 140 Å². The fraction of sp³-hybridized carbons (Fsp3) is 0.278. The molecule has 0 bridgehead atoms.